The number of para-hydroxylation sites is 2. The Labute approximate surface area is 145 Å². The Kier molecular flexibility index (Phi) is 4.24. The fourth-order valence-corrected chi connectivity index (χ4v) is 4.02. The first-order valence-electron chi connectivity index (χ1n) is 8.41. The molecule has 2 atom stereocenters. The van der Waals surface area contributed by atoms with E-state index in [2.05, 4.69) is 11.9 Å². The van der Waals surface area contributed by atoms with Crippen molar-refractivity contribution in [3.63, 3.8) is 0 Å². The van der Waals surface area contributed by atoms with E-state index in [1.54, 1.807) is 4.90 Å². The molecule has 6 heteroatoms. The van der Waals surface area contributed by atoms with Crippen LogP contribution in [0.1, 0.15) is 47.8 Å². The van der Waals surface area contributed by atoms with Crippen LogP contribution >= 0.6 is 11.3 Å². The predicted octanol–water partition coefficient (Wildman–Crippen LogP) is 3.81. The Hall–Kier alpha value is -1.92. The number of aromatic nitrogens is 1. The van der Waals surface area contributed by atoms with Gasteiger partial charge in [0.2, 0.25) is 0 Å². The van der Waals surface area contributed by atoms with Crippen molar-refractivity contribution < 1.29 is 14.3 Å². The number of rotatable bonds is 3. The smallest absolute Gasteiger partial charge is 0.277 e. The molecule has 24 heavy (non-hydrogen) atoms. The van der Waals surface area contributed by atoms with Crippen LogP contribution in [-0.4, -0.2) is 30.1 Å². The monoisotopic (exact) mass is 344 g/mol. The van der Waals surface area contributed by atoms with Gasteiger partial charge in [-0.05, 0) is 31.4 Å². The third-order valence-corrected chi connectivity index (χ3v) is 5.42. The van der Waals surface area contributed by atoms with Crippen LogP contribution in [0.3, 0.4) is 0 Å². The molecule has 0 saturated carbocycles. The van der Waals surface area contributed by atoms with Crippen LogP contribution < -0.4 is 9.64 Å². The van der Waals surface area contributed by atoms with Gasteiger partial charge in [-0.2, -0.15) is 0 Å². The van der Waals surface area contributed by atoms with E-state index in [0.29, 0.717) is 12.2 Å². The standard InChI is InChI=1S/C18H20N2O3S/c1-2-12-10-20(14-6-3-4-7-15(14)23-12)18(21)13-11-24-17(19-13)16-8-5-9-22-16/h3-4,6-7,11-12,16H,2,5,8-10H2,1H3. The summed E-state index contributed by atoms with van der Waals surface area (Å²) in [6.07, 6.45) is 2.97. The molecular formula is C18H20N2O3S. The Bertz CT molecular complexity index is 739. The topological polar surface area (TPSA) is 51.7 Å². The molecule has 0 spiro atoms. The van der Waals surface area contributed by atoms with Crippen molar-refractivity contribution >= 4 is 22.9 Å². The van der Waals surface area contributed by atoms with Crippen LogP contribution in [0.2, 0.25) is 0 Å². The summed E-state index contributed by atoms with van der Waals surface area (Å²) in [4.78, 5) is 19.4. The second-order valence-corrected chi connectivity index (χ2v) is 6.99. The zero-order valence-electron chi connectivity index (χ0n) is 13.6. The average molecular weight is 344 g/mol. The molecule has 2 aliphatic rings. The number of carbonyl (C=O) groups excluding carboxylic acids is 1. The number of ether oxygens (including phenoxy) is 2. The Morgan fingerprint density at radius 3 is 3.08 bits per heavy atom. The maximum Gasteiger partial charge on any atom is 0.277 e. The van der Waals surface area contributed by atoms with Crippen LogP contribution in [-0.2, 0) is 4.74 Å². The van der Waals surface area contributed by atoms with Crippen molar-refractivity contribution in [3.05, 3.63) is 40.3 Å². The van der Waals surface area contributed by atoms with Crippen LogP contribution in [0.25, 0.3) is 0 Å². The third kappa shape index (κ3) is 2.80. The van der Waals surface area contributed by atoms with E-state index in [1.807, 2.05) is 29.6 Å². The summed E-state index contributed by atoms with van der Waals surface area (Å²) in [6, 6.07) is 7.69. The van der Waals surface area contributed by atoms with Gasteiger partial charge in [0.25, 0.3) is 5.91 Å². The number of thiazole rings is 1. The SMILES string of the molecule is CCC1CN(C(=O)c2csc(C3CCCO3)n2)c2ccccc2O1. The van der Waals surface area contributed by atoms with E-state index < -0.39 is 0 Å². The fraction of sp³-hybridized carbons (Fsp3) is 0.444. The van der Waals surface area contributed by atoms with E-state index in [-0.39, 0.29) is 18.1 Å². The van der Waals surface area contributed by atoms with Crippen LogP contribution in [0, 0.1) is 0 Å². The minimum absolute atomic E-state index is 0.0140. The number of benzene rings is 1. The molecule has 1 aromatic heterocycles. The molecule has 2 unspecified atom stereocenters. The lowest BCUT2D eigenvalue weighted by molar-refractivity contribution is 0.0947. The highest BCUT2D eigenvalue weighted by Gasteiger charge is 2.31. The van der Waals surface area contributed by atoms with Crippen molar-refractivity contribution in [1.82, 2.24) is 4.98 Å². The molecule has 5 nitrogen and oxygen atoms in total. The van der Waals surface area contributed by atoms with Crippen LogP contribution in [0.4, 0.5) is 5.69 Å². The lowest BCUT2D eigenvalue weighted by Gasteiger charge is -2.34. The molecule has 4 rings (SSSR count). The molecule has 0 radical (unpaired) electrons. The van der Waals surface area contributed by atoms with E-state index in [1.165, 1.54) is 11.3 Å². The van der Waals surface area contributed by atoms with Crippen molar-refractivity contribution in [2.45, 2.75) is 38.4 Å². The molecule has 126 valence electrons. The number of hydrogen-bond donors (Lipinski definition) is 0. The summed E-state index contributed by atoms with van der Waals surface area (Å²) in [5.41, 5.74) is 1.32. The minimum Gasteiger partial charge on any atom is -0.486 e. The molecule has 1 saturated heterocycles. The maximum absolute atomic E-state index is 13.0. The van der Waals surface area contributed by atoms with Gasteiger partial charge in [0.15, 0.2) is 0 Å². The molecular weight excluding hydrogens is 324 g/mol. The lowest BCUT2D eigenvalue weighted by Crippen LogP contribution is -2.43. The normalized spacial score (nSPS) is 23.0. The maximum atomic E-state index is 13.0. The molecule has 2 aromatic rings. The number of nitrogens with zero attached hydrogens (tertiary/aromatic N) is 2. The molecule has 0 bridgehead atoms. The quantitative estimate of drug-likeness (QED) is 0.849. The van der Waals surface area contributed by atoms with Gasteiger partial charge in [0.05, 0.1) is 12.2 Å². The average Bonchev–Trinajstić information content (AvgIpc) is 3.31. The first-order chi connectivity index (χ1) is 11.8. The minimum atomic E-state index is -0.0651. The highest BCUT2D eigenvalue weighted by molar-refractivity contribution is 7.09. The predicted molar refractivity (Wildman–Crippen MR) is 92.9 cm³/mol. The first kappa shape index (κ1) is 15.6. The van der Waals surface area contributed by atoms with Gasteiger partial charge in [-0.1, -0.05) is 19.1 Å². The molecule has 0 aliphatic carbocycles. The summed E-state index contributed by atoms with van der Waals surface area (Å²) >= 11 is 1.51. The van der Waals surface area contributed by atoms with Gasteiger partial charge in [-0.3, -0.25) is 9.69 Å². The second kappa shape index (κ2) is 6.53. The van der Waals surface area contributed by atoms with E-state index >= 15 is 0 Å². The molecule has 1 aromatic carbocycles. The molecule has 3 heterocycles. The van der Waals surface area contributed by atoms with Gasteiger partial charge < -0.3 is 9.47 Å². The van der Waals surface area contributed by atoms with Gasteiger partial charge >= 0.3 is 0 Å². The van der Waals surface area contributed by atoms with E-state index in [4.69, 9.17) is 9.47 Å². The van der Waals surface area contributed by atoms with Gasteiger partial charge in [0, 0.05) is 12.0 Å². The highest BCUT2D eigenvalue weighted by atomic mass is 32.1. The van der Waals surface area contributed by atoms with E-state index in [9.17, 15) is 4.79 Å². The van der Waals surface area contributed by atoms with E-state index in [0.717, 1.165) is 42.3 Å². The van der Waals surface area contributed by atoms with Gasteiger partial charge in [0.1, 0.15) is 28.7 Å². The number of amides is 1. The van der Waals surface area contributed by atoms with Gasteiger partial charge in [-0.15, -0.1) is 11.3 Å². The summed E-state index contributed by atoms with van der Waals surface area (Å²) in [7, 11) is 0. The summed E-state index contributed by atoms with van der Waals surface area (Å²) in [5, 5.41) is 2.75. The van der Waals surface area contributed by atoms with Crippen molar-refractivity contribution in [2.75, 3.05) is 18.1 Å². The van der Waals surface area contributed by atoms with Crippen molar-refractivity contribution in [1.29, 1.82) is 0 Å². The lowest BCUT2D eigenvalue weighted by atomic mass is 10.1. The fourth-order valence-electron chi connectivity index (χ4n) is 3.15. The largest absolute Gasteiger partial charge is 0.486 e. The number of anilines is 1. The molecule has 2 aliphatic heterocycles. The highest BCUT2D eigenvalue weighted by Crippen LogP contribution is 2.35. The second-order valence-electron chi connectivity index (χ2n) is 6.10. The summed E-state index contributed by atoms with van der Waals surface area (Å²) in [5.74, 6) is 0.697. The number of fused-ring (bicyclic) bond motifs is 1. The zero-order chi connectivity index (χ0) is 16.5. The zero-order valence-corrected chi connectivity index (χ0v) is 14.4. The summed E-state index contributed by atoms with van der Waals surface area (Å²) < 4.78 is 11.6. The summed E-state index contributed by atoms with van der Waals surface area (Å²) in [6.45, 7) is 3.40. The molecule has 0 N–H and O–H groups in total. The molecule has 1 fully saturated rings. The van der Waals surface area contributed by atoms with Crippen LogP contribution in [0.5, 0.6) is 5.75 Å². The van der Waals surface area contributed by atoms with Crippen molar-refractivity contribution in [3.8, 4) is 5.75 Å². The Morgan fingerprint density at radius 1 is 1.42 bits per heavy atom. The van der Waals surface area contributed by atoms with Gasteiger partial charge in [-0.25, -0.2) is 4.98 Å². The third-order valence-electron chi connectivity index (χ3n) is 4.48. The van der Waals surface area contributed by atoms with Crippen LogP contribution in [0.15, 0.2) is 29.6 Å². The number of hydrogen-bond acceptors (Lipinski definition) is 5. The molecule has 1 amide bonds. The Morgan fingerprint density at radius 2 is 2.29 bits per heavy atom. The van der Waals surface area contributed by atoms with Crippen molar-refractivity contribution in [2.24, 2.45) is 0 Å². The first-order valence-corrected chi connectivity index (χ1v) is 9.29. The Balaban J connectivity index is 1.61. The number of carbonyl (C=O) groups is 1.